The van der Waals surface area contributed by atoms with E-state index >= 15 is 0 Å². The average Bonchev–Trinajstić information content (AvgIpc) is 3.09. The van der Waals surface area contributed by atoms with Crippen molar-refractivity contribution in [1.82, 2.24) is 5.32 Å². The lowest BCUT2D eigenvalue weighted by molar-refractivity contribution is -0.161. The Bertz CT molecular complexity index is 843. The van der Waals surface area contributed by atoms with Gasteiger partial charge in [-0.05, 0) is 37.1 Å². The zero-order chi connectivity index (χ0) is 18.9. The number of benzene rings is 1. The van der Waals surface area contributed by atoms with Crippen LogP contribution in [0.3, 0.4) is 0 Å². The van der Waals surface area contributed by atoms with E-state index in [0.29, 0.717) is 12.8 Å². The molecule has 1 aliphatic heterocycles. The molecule has 3 rings (SSSR count). The van der Waals surface area contributed by atoms with Crippen molar-refractivity contribution in [2.45, 2.75) is 54.3 Å². The number of piperidine rings is 1. The summed E-state index contributed by atoms with van der Waals surface area (Å²) in [5.41, 5.74) is 0. The summed E-state index contributed by atoms with van der Waals surface area (Å²) >= 11 is 3.26. The van der Waals surface area contributed by atoms with E-state index in [-0.39, 0.29) is 30.6 Å². The molecule has 140 valence electrons. The minimum atomic E-state index is -3.99. The van der Waals surface area contributed by atoms with E-state index in [1.54, 1.807) is 12.1 Å². The van der Waals surface area contributed by atoms with Crippen LogP contribution in [-0.4, -0.2) is 37.1 Å². The molecular formula is C17H18BrNO6S. The first-order chi connectivity index (χ1) is 12.3. The maximum Gasteiger partial charge on any atom is 0.328 e. The molecule has 26 heavy (non-hydrogen) atoms. The van der Waals surface area contributed by atoms with E-state index < -0.39 is 38.5 Å². The average molecular weight is 444 g/mol. The van der Waals surface area contributed by atoms with Gasteiger partial charge in [0.15, 0.2) is 20.7 Å². The number of hydrogen-bond acceptors (Lipinski definition) is 6. The van der Waals surface area contributed by atoms with Crippen LogP contribution in [0.4, 0.5) is 0 Å². The summed E-state index contributed by atoms with van der Waals surface area (Å²) in [5.74, 6) is -2.04. The predicted molar refractivity (Wildman–Crippen MR) is 94.8 cm³/mol. The van der Waals surface area contributed by atoms with Gasteiger partial charge in [-0.1, -0.05) is 28.8 Å². The van der Waals surface area contributed by atoms with Crippen molar-refractivity contribution in [1.29, 1.82) is 0 Å². The fraction of sp³-hybridized carbons (Fsp3) is 0.471. The molecule has 1 heterocycles. The normalized spacial score (nSPS) is 22.7. The molecule has 0 bridgehead atoms. The number of carbonyl (C=O) groups is 3. The lowest BCUT2D eigenvalue weighted by atomic mass is 10.1. The van der Waals surface area contributed by atoms with Gasteiger partial charge in [0, 0.05) is 17.3 Å². The van der Waals surface area contributed by atoms with E-state index in [1.807, 2.05) is 0 Å². The first-order valence-corrected chi connectivity index (χ1v) is 10.6. The van der Waals surface area contributed by atoms with Crippen LogP contribution in [0.2, 0.25) is 0 Å². The number of amides is 2. The van der Waals surface area contributed by atoms with Gasteiger partial charge < -0.3 is 4.74 Å². The molecule has 1 saturated carbocycles. The largest absolute Gasteiger partial charge is 0.451 e. The summed E-state index contributed by atoms with van der Waals surface area (Å²) in [7, 11) is -3.99. The number of ether oxygens (including phenoxy) is 1. The summed E-state index contributed by atoms with van der Waals surface area (Å²) < 4.78 is 30.7. The zero-order valence-electron chi connectivity index (χ0n) is 13.9. The van der Waals surface area contributed by atoms with Gasteiger partial charge in [-0.2, -0.15) is 0 Å². The molecule has 1 aliphatic carbocycles. The molecule has 2 fully saturated rings. The molecule has 0 spiro atoms. The first kappa shape index (κ1) is 19.0. The third kappa shape index (κ3) is 3.29. The van der Waals surface area contributed by atoms with Crippen molar-refractivity contribution in [2.24, 2.45) is 0 Å². The Morgan fingerprint density at radius 3 is 2.35 bits per heavy atom. The minimum absolute atomic E-state index is 0.0443. The van der Waals surface area contributed by atoms with Crippen molar-refractivity contribution < 1.29 is 27.5 Å². The molecule has 2 aliphatic rings. The topological polar surface area (TPSA) is 107 Å². The molecule has 1 atom stereocenters. The summed E-state index contributed by atoms with van der Waals surface area (Å²) in [6.07, 6.45) is 0.439. The Balaban J connectivity index is 1.90. The lowest BCUT2D eigenvalue weighted by Gasteiger charge is -2.29. The van der Waals surface area contributed by atoms with Crippen LogP contribution < -0.4 is 5.32 Å². The lowest BCUT2D eigenvalue weighted by Crippen LogP contribution is -2.51. The molecule has 0 aromatic heterocycles. The zero-order valence-corrected chi connectivity index (χ0v) is 16.3. The van der Waals surface area contributed by atoms with Gasteiger partial charge >= 0.3 is 5.97 Å². The highest BCUT2D eigenvalue weighted by Crippen LogP contribution is 2.42. The number of rotatable bonds is 4. The van der Waals surface area contributed by atoms with Crippen LogP contribution in [0.25, 0.3) is 0 Å². The summed E-state index contributed by atoms with van der Waals surface area (Å²) in [6.45, 7) is 0. The molecule has 1 unspecified atom stereocenters. The maximum atomic E-state index is 13.2. The van der Waals surface area contributed by atoms with Gasteiger partial charge in [-0.15, -0.1) is 0 Å². The number of esters is 1. The smallest absolute Gasteiger partial charge is 0.328 e. The van der Waals surface area contributed by atoms with Crippen molar-refractivity contribution in [3.05, 3.63) is 28.7 Å². The number of hydrogen-bond donors (Lipinski definition) is 1. The van der Waals surface area contributed by atoms with Crippen molar-refractivity contribution >= 4 is 43.6 Å². The molecular weight excluding hydrogens is 426 g/mol. The SMILES string of the molecule is O=C1CCC(OC(=O)C2(S(=O)(=O)c3ccc(Br)cc3)CCCC2)C(=O)N1. The third-order valence-corrected chi connectivity index (χ3v) is 7.88. The second-order valence-corrected chi connectivity index (χ2v) is 9.68. The Labute approximate surface area is 159 Å². The minimum Gasteiger partial charge on any atom is -0.451 e. The van der Waals surface area contributed by atoms with Gasteiger partial charge in [-0.25, -0.2) is 8.42 Å². The number of halogens is 1. The van der Waals surface area contributed by atoms with Gasteiger partial charge in [0.25, 0.3) is 5.91 Å². The standard InChI is InChI=1S/C17H18BrNO6S/c18-11-3-5-12(6-4-11)26(23,24)17(9-1-2-10-17)16(22)25-13-7-8-14(20)19-15(13)21/h3-6,13H,1-2,7-10H2,(H,19,20,21). The van der Waals surface area contributed by atoms with Crippen LogP contribution in [0.1, 0.15) is 38.5 Å². The third-order valence-electron chi connectivity index (χ3n) is 4.86. The van der Waals surface area contributed by atoms with Crippen LogP contribution in [0.15, 0.2) is 33.6 Å². The highest BCUT2D eigenvalue weighted by atomic mass is 79.9. The Hall–Kier alpha value is -1.74. The Kier molecular flexibility index (Phi) is 5.21. The van der Waals surface area contributed by atoms with Crippen molar-refractivity contribution in [3.63, 3.8) is 0 Å². The van der Waals surface area contributed by atoms with E-state index in [9.17, 15) is 22.8 Å². The second-order valence-electron chi connectivity index (χ2n) is 6.50. The van der Waals surface area contributed by atoms with E-state index in [2.05, 4.69) is 21.2 Å². The van der Waals surface area contributed by atoms with E-state index in [4.69, 9.17) is 4.74 Å². The van der Waals surface area contributed by atoms with Crippen molar-refractivity contribution in [2.75, 3.05) is 0 Å². The van der Waals surface area contributed by atoms with Gasteiger partial charge in [0.2, 0.25) is 5.91 Å². The van der Waals surface area contributed by atoms with E-state index in [0.717, 1.165) is 4.47 Å². The van der Waals surface area contributed by atoms with Crippen molar-refractivity contribution in [3.8, 4) is 0 Å². The predicted octanol–water partition coefficient (Wildman–Crippen LogP) is 1.88. The van der Waals surface area contributed by atoms with Gasteiger partial charge in [0.1, 0.15) is 0 Å². The highest BCUT2D eigenvalue weighted by molar-refractivity contribution is 9.10. The second kappa shape index (κ2) is 7.11. The fourth-order valence-corrected chi connectivity index (χ4v) is 5.69. The number of sulfone groups is 1. The quantitative estimate of drug-likeness (QED) is 0.562. The number of carbonyl (C=O) groups excluding carboxylic acids is 3. The first-order valence-electron chi connectivity index (χ1n) is 8.31. The monoisotopic (exact) mass is 443 g/mol. The molecule has 1 aromatic rings. The highest BCUT2D eigenvalue weighted by Gasteiger charge is 2.55. The molecule has 9 heteroatoms. The Morgan fingerprint density at radius 1 is 1.15 bits per heavy atom. The number of imide groups is 1. The summed E-state index contributed by atoms with van der Waals surface area (Å²) in [5, 5.41) is 2.10. The molecule has 7 nitrogen and oxygen atoms in total. The van der Waals surface area contributed by atoms with Gasteiger partial charge in [0.05, 0.1) is 4.90 Å². The summed E-state index contributed by atoms with van der Waals surface area (Å²) in [6, 6.07) is 6.08. The fourth-order valence-electron chi connectivity index (χ4n) is 3.39. The van der Waals surface area contributed by atoms with Crippen LogP contribution >= 0.6 is 15.9 Å². The summed E-state index contributed by atoms with van der Waals surface area (Å²) in [4.78, 5) is 36.0. The Morgan fingerprint density at radius 2 is 1.77 bits per heavy atom. The van der Waals surface area contributed by atoms with Crippen LogP contribution in [-0.2, 0) is 29.0 Å². The number of nitrogens with one attached hydrogen (secondary N) is 1. The molecule has 1 saturated heterocycles. The van der Waals surface area contributed by atoms with E-state index in [1.165, 1.54) is 12.1 Å². The van der Waals surface area contributed by atoms with Gasteiger partial charge in [-0.3, -0.25) is 19.7 Å². The molecule has 1 N–H and O–H groups in total. The molecule has 2 amide bonds. The van der Waals surface area contributed by atoms with Crippen LogP contribution in [0.5, 0.6) is 0 Å². The maximum absolute atomic E-state index is 13.2. The molecule has 1 aromatic carbocycles. The molecule has 0 radical (unpaired) electrons. The van der Waals surface area contributed by atoms with Crippen LogP contribution in [0, 0.1) is 0 Å².